The van der Waals surface area contributed by atoms with E-state index in [-0.39, 0.29) is 0 Å². The monoisotopic (exact) mass is 162 g/mol. The minimum Gasteiger partial charge on any atom is -0.384 e. The van der Waals surface area contributed by atoms with Crippen LogP contribution in [0.15, 0.2) is 18.2 Å². The number of pyridine rings is 1. The Morgan fingerprint density at radius 3 is 3.00 bits per heavy atom. The molecule has 1 aliphatic rings. The number of hydrogen-bond acceptors (Lipinski definition) is 3. The third-order valence-electron chi connectivity index (χ3n) is 2.03. The van der Waals surface area contributed by atoms with Crippen LogP contribution in [0.3, 0.4) is 0 Å². The average Bonchev–Trinajstić information content (AvgIpc) is 2.56. The highest BCUT2D eigenvalue weighted by Gasteiger charge is 2.12. The van der Waals surface area contributed by atoms with Gasteiger partial charge in [0.15, 0.2) is 0 Å². The van der Waals surface area contributed by atoms with E-state index in [1.807, 2.05) is 18.2 Å². The molecule has 12 heavy (non-hydrogen) atoms. The van der Waals surface area contributed by atoms with Crippen LogP contribution in [0.2, 0.25) is 0 Å². The molecule has 63 valence electrons. The number of hydrogen-bond donors (Lipinski definition) is 1. The Morgan fingerprint density at radius 2 is 2.33 bits per heavy atom. The highest BCUT2D eigenvalue weighted by atomic mass is 15.2. The summed E-state index contributed by atoms with van der Waals surface area (Å²) in [4.78, 5) is 6.46. The normalized spacial score (nSPS) is 16.8. The molecular weight excluding hydrogens is 150 g/mol. The van der Waals surface area contributed by atoms with E-state index in [4.69, 9.17) is 5.73 Å². The lowest BCUT2D eigenvalue weighted by molar-refractivity contribution is 0.940. The summed E-state index contributed by atoms with van der Waals surface area (Å²) in [5.41, 5.74) is 5.58. The molecule has 1 aromatic rings. The Labute approximate surface area is 72.2 Å². The lowest BCUT2D eigenvalue weighted by Gasteiger charge is -2.15. The van der Waals surface area contributed by atoms with Gasteiger partial charge in [0.1, 0.15) is 11.6 Å². The van der Waals surface area contributed by atoms with E-state index in [9.17, 15) is 0 Å². The molecule has 0 unspecified atom stereocenters. The summed E-state index contributed by atoms with van der Waals surface area (Å²) in [5.74, 6) is 1.59. The average molecular weight is 162 g/mol. The molecule has 2 rings (SSSR count). The minimum absolute atomic E-state index is 0.597. The summed E-state index contributed by atoms with van der Waals surface area (Å²) >= 11 is 0. The summed E-state index contributed by atoms with van der Waals surface area (Å²) in [6.07, 6.45) is 3.40. The molecule has 1 fully saturated rings. The molecule has 1 aliphatic heterocycles. The molecule has 1 radical (unpaired) electrons. The molecule has 1 saturated heterocycles. The second-order valence-corrected chi connectivity index (χ2v) is 2.94. The van der Waals surface area contributed by atoms with Crippen molar-refractivity contribution in [3.8, 4) is 0 Å². The number of rotatable bonds is 1. The van der Waals surface area contributed by atoms with Gasteiger partial charge in [-0.2, -0.15) is 0 Å². The van der Waals surface area contributed by atoms with Crippen molar-refractivity contribution < 1.29 is 0 Å². The van der Waals surface area contributed by atoms with E-state index in [0.29, 0.717) is 5.82 Å². The van der Waals surface area contributed by atoms with Crippen LogP contribution in [0.25, 0.3) is 0 Å². The Balaban J connectivity index is 2.21. The van der Waals surface area contributed by atoms with E-state index < -0.39 is 0 Å². The lowest BCUT2D eigenvalue weighted by Crippen LogP contribution is -2.19. The summed E-state index contributed by atoms with van der Waals surface area (Å²) < 4.78 is 0. The first kappa shape index (κ1) is 7.40. The molecule has 0 saturated carbocycles. The minimum atomic E-state index is 0.597. The Hall–Kier alpha value is -1.25. The molecule has 0 aliphatic carbocycles. The number of nitrogen functional groups attached to an aromatic ring is 1. The van der Waals surface area contributed by atoms with Gasteiger partial charge in [0.2, 0.25) is 0 Å². The largest absolute Gasteiger partial charge is 0.384 e. The Kier molecular flexibility index (Phi) is 1.86. The number of aromatic nitrogens is 1. The van der Waals surface area contributed by atoms with Crippen LogP contribution in [-0.2, 0) is 0 Å². The lowest BCUT2D eigenvalue weighted by atomic mass is 10.4. The molecule has 1 aromatic heterocycles. The van der Waals surface area contributed by atoms with Crippen molar-refractivity contribution >= 4 is 11.6 Å². The van der Waals surface area contributed by atoms with E-state index in [1.165, 1.54) is 0 Å². The number of anilines is 2. The van der Waals surface area contributed by atoms with Crippen LogP contribution >= 0.6 is 0 Å². The molecule has 2 heterocycles. The third-order valence-corrected chi connectivity index (χ3v) is 2.03. The maximum Gasteiger partial charge on any atom is 0.130 e. The van der Waals surface area contributed by atoms with Crippen LogP contribution in [0.5, 0.6) is 0 Å². The van der Waals surface area contributed by atoms with Crippen molar-refractivity contribution in [2.75, 3.05) is 23.7 Å². The van der Waals surface area contributed by atoms with Gasteiger partial charge in [-0.05, 0) is 25.0 Å². The van der Waals surface area contributed by atoms with Gasteiger partial charge in [-0.15, -0.1) is 0 Å². The fraction of sp³-hybridized carbons (Fsp3) is 0.333. The first-order valence-corrected chi connectivity index (χ1v) is 4.15. The smallest absolute Gasteiger partial charge is 0.130 e. The molecular formula is C9H12N3. The first-order chi connectivity index (χ1) is 5.86. The molecule has 0 spiro atoms. The maximum absolute atomic E-state index is 5.58. The van der Waals surface area contributed by atoms with Crippen LogP contribution in [0, 0.1) is 6.42 Å². The summed E-state index contributed by atoms with van der Waals surface area (Å²) in [5, 5.41) is 0. The van der Waals surface area contributed by atoms with Crippen molar-refractivity contribution in [1.29, 1.82) is 0 Å². The van der Waals surface area contributed by atoms with Crippen molar-refractivity contribution in [3.63, 3.8) is 0 Å². The van der Waals surface area contributed by atoms with Crippen LogP contribution in [-0.4, -0.2) is 18.1 Å². The summed E-state index contributed by atoms with van der Waals surface area (Å²) in [6, 6.07) is 5.74. The SMILES string of the molecule is Nc1cccc(N2C[CH]CC2)n1. The molecule has 3 heteroatoms. The van der Waals surface area contributed by atoms with Gasteiger partial charge in [-0.25, -0.2) is 4.98 Å². The van der Waals surface area contributed by atoms with Gasteiger partial charge in [0, 0.05) is 13.1 Å². The zero-order valence-corrected chi connectivity index (χ0v) is 6.90. The van der Waals surface area contributed by atoms with E-state index in [1.54, 1.807) is 0 Å². The third kappa shape index (κ3) is 1.35. The second kappa shape index (κ2) is 3.01. The van der Waals surface area contributed by atoms with Gasteiger partial charge in [0.05, 0.1) is 0 Å². The highest BCUT2D eigenvalue weighted by molar-refractivity contribution is 5.46. The standard InChI is InChI=1S/C9H12N3/c10-8-4-3-5-9(11-8)12-6-1-2-7-12/h1,3-5H,2,6-7H2,(H2,10,11). The van der Waals surface area contributed by atoms with Gasteiger partial charge in [0.25, 0.3) is 0 Å². The zero-order chi connectivity index (χ0) is 8.39. The van der Waals surface area contributed by atoms with Gasteiger partial charge < -0.3 is 10.6 Å². The van der Waals surface area contributed by atoms with Crippen molar-refractivity contribution in [3.05, 3.63) is 24.6 Å². The van der Waals surface area contributed by atoms with Gasteiger partial charge in [-0.1, -0.05) is 6.07 Å². The Morgan fingerprint density at radius 1 is 1.42 bits per heavy atom. The molecule has 0 bridgehead atoms. The molecule has 2 N–H and O–H groups in total. The van der Waals surface area contributed by atoms with Crippen LogP contribution < -0.4 is 10.6 Å². The molecule has 3 nitrogen and oxygen atoms in total. The zero-order valence-electron chi connectivity index (χ0n) is 6.90. The van der Waals surface area contributed by atoms with Crippen molar-refractivity contribution in [2.24, 2.45) is 0 Å². The Bertz CT molecular complexity index is 266. The van der Waals surface area contributed by atoms with E-state index >= 15 is 0 Å². The second-order valence-electron chi connectivity index (χ2n) is 2.94. The molecule has 0 aromatic carbocycles. The van der Waals surface area contributed by atoms with Gasteiger partial charge >= 0.3 is 0 Å². The maximum atomic E-state index is 5.58. The first-order valence-electron chi connectivity index (χ1n) is 4.15. The fourth-order valence-corrected chi connectivity index (χ4v) is 1.41. The highest BCUT2D eigenvalue weighted by Crippen LogP contribution is 2.17. The predicted octanol–water partition coefficient (Wildman–Crippen LogP) is 1.08. The van der Waals surface area contributed by atoms with E-state index in [0.717, 1.165) is 25.3 Å². The van der Waals surface area contributed by atoms with E-state index in [2.05, 4.69) is 16.3 Å². The van der Waals surface area contributed by atoms with Gasteiger partial charge in [-0.3, -0.25) is 0 Å². The van der Waals surface area contributed by atoms with Crippen molar-refractivity contribution in [1.82, 2.24) is 4.98 Å². The topological polar surface area (TPSA) is 42.1 Å². The van der Waals surface area contributed by atoms with Crippen LogP contribution in [0.4, 0.5) is 11.6 Å². The quantitative estimate of drug-likeness (QED) is 0.671. The van der Waals surface area contributed by atoms with Crippen molar-refractivity contribution in [2.45, 2.75) is 6.42 Å². The summed E-state index contributed by atoms with van der Waals surface area (Å²) in [7, 11) is 0. The summed E-state index contributed by atoms with van der Waals surface area (Å²) in [6.45, 7) is 2.06. The number of nitrogens with zero attached hydrogens (tertiary/aromatic N) is 2. The molecule has 0 atom stereocenters. The predicted molar refractivity (Wildman–Crippen MR) is 49.8 cm³/mol. The number of nitrogens with two attached hydrogens (primary N) is 1. The van der Waals surface area contributed by atoms with Crippen LogP contribution in [0.1, 0.15) is 6.42 Å². The fourth-order valence-electron chi connectivity index (χ4n) is 1.41. The molecule has 0 amide bonds.